The van der Waals surface area contributed by atoms with Crippen molar-refractivity contribution in [2.24, 2.45) is 0 Å². The summed E-state index contributed by atoms with van der Waals surface area (Å²) < 4.78 is 0. The molecule has 0 bridgehead atoms. The third-order valence-electron chi connectivity index (χ3n) is 0.790. The third-order valence-corrected chi connectivity index (χ3v) is 0.790. The first-order valence-electron chi connectivity index (χ1n) is 2.75. The van der Waals surface area contributed by atoms with Gasteiger partial charge in [-0.05, 0) is 6.92 Å². The average Bonchev–Trinajstić information content (AvgIpc) is 1.82. The van der Waals surface area contributed by atoms with Crippen molar-refractivity contribution in [2.45, 2.75) is 13.0 Å². The summed E-state index contributed by atoms with van der Waals surface area (Å²) in [7, 11) is 0. The molecule has 0 fully saturated rings. The number of rotatable bonds is 3. The molecule has 4 nitrogen and oxygen atoms in total. The van der Waals surface area contributed by atoms with E-state index in [1.807, 2.05) is 0 Å². The van der Waals surface area contributed by atoms with Gasteiger partial charge in [-0.1, -0.05) is 0 Å². The normalized spacial score (nSPS) is 12.8. The summed E-state index contributed by atoms with van der Waals surface area (Å²) in [6.45, 7) is 1.47. The summed E-state index contributed by atoms with van der Waals surface area (Å²) >= 11 is 0. The van der Waals surface area contributed by atoms with Crippen LogP contribution in [0.5, 0.6) is 0 Å². The number of carbonyl (C=O) groups is 1. The zero-order valence-electron chi connectivity index (χ0n) is 5.29. The second kappa shape index (κ2) is 4.29. The van der Waals surface area contributed by atoms with Gasteiger partial charge in [0.1, 0.15) is 6.10 Å². The van der Waals surface area contributed by atoms with Crippen LogP contribution in [0, 0.1) is 0 Å². The molecular weight excluding hydrogens is 122 g/mol. The van der Waals surface area contributed by atoms with E-state index >= 15 is 0 Å². The SMILES string of the molecule is C[C@H](O)C(=O)NCCO. The molecule has 0 aliphatic rings. The lowest BCUT2D eigenvalue weighted by atomic mass is 10.4. The quantitative estimate of drug-likeness (QED) is 0.437. The largest absolute Gasteiger partial charge is 0.395 e. The van der Waals surface area contributed by atoms with Crippen molar-refractivity contribution >= 4 is 5.91 Å². The van der Waals surface area contributed by atoms with Crippen molar-refractivity contribution in [3.63, 3.8) is 0 Å². The van der Waals surface area contributed by atoms with Gasteiger partial charge in [0.2, 0.25) is 5.91 Å². The minimum Gasteiger partial charge on any atom is -0.395 e. The molecule has 0 unspecified atom stereocenters. The third kappa shape index (κ3) is 3.93. The van der Waals surface area contributed by atoms with Gasteiger partial charge >= 0.3 is 0 Å². The summed E-state index contributed by atoms with van der Waals surface area (Å²) in [5, 5.41) is 19.0. The standard InChI is InChI=1S/C5H11NO3/c1-4(8)5(9)6-2-3-7/h4,7-8H,2-3H2,1H3,(H,6,9)/t4-/m0/s1. The number of aliphatic hydroxyl groups excluding tert-OH is 2. The summed E-state index contributed by atoms with van der Waals surface area (Å²) in [6, 6.07) is 0. The minimum absolute atomic E-state index is 0.0987. The van der Waals surface area contributed by atoms with Crippen molar-refractivity contribution in [3.05, 3.63) is 0 Å². The number of nitrogens with one attached hydrogen (secondary N) is 1. The molecule has 0 radical (unpaired) electrons. The van der Waals surface area contributed by atoms with E-state index in [1.54, 1.807) is 0 Å². The number of aliphatic hydroxyl groups is 2. The van der Waals surface area contributed by atoms with Crippen LogP contribution < -0.4 is 5.32 Å². The van der Waals surface area contributed by atoms with Gasteiger partial charge in [0.25, 0.3) is 0 Å². The van der Waals surface area contributed by atoms with Crippen LogP contribution in [0.15, 0.2) is 0 Å². The lowest BCUT2D eigenvalue weighted by Gasteiger charge is -2.03. The van der Waals surface area contributed by atoms with Gasteiger partial charge in [-0.2, -0.15) is 0 Å². The van der Waals surface area contributed by atoms with Crippen LogP contribution in [0.1, 0.15) is 6.92 Å². The van der Waals surface area contributed by atoms with Crippen molar-refractivity contribution in [2.75, 3.05) is 13.2 Å². The van der Waals surface area contributed by atoms with E-state index in [2.05, 4.69) is 5.32 Å². The molecule has 0 aliphatic carbocycles. The van der Waals surface area contributed by atoms with E-state index in [9.17, 15) is 4.79 Å². The van der Waals surface area contributed by atoms with Gasteiger partial charge in [0.05, 0.1) is 6.61 Å². The molecule has 0 rings (SSSR count). The molecule has 54 valence electrons. The second-order valence-corrected chi connectivity index (χ2v) is 1.69. The van der Waals surface area contributed by atoms with E-state index < -0.39 is 12.0 Å². The molecule has 9 heavy (non-hydrogen) atoms. The predicted molar refractivity (Wildman–Crippen MR) is 31.8 cm³/mol. The molecule has 0 saturated heterocycles. The number of hydrogen-bond acceptors (Lipinski definition) is 3. The monoisotopic (exact) mass is 133 g/mol. The molecule has 1 atom stereocenters. The van der Waals surface area contributed by atoms with Crippen LogP contribution >= 0.6 is 0 Å². The van der Waals surface area contributed by atoms with Gasteiger partial charge in [0.15, 0.2) is 0 Å². The Kier molecular flexibility index (Phi) is 4.00. The van der Waals surface area contributed by atoms with Crippen LogP contribution in [0.3, 0.4) is 0 Å². The maximum absolute atomic E-state index is 10.4. The summed E-state index contributed by atoms with van der Waals surface area (Å²) in [5.41, 5.74) is 0. The Morgan fingerprint density at radius 2 is 2.33 bits per heavy atom. The van der Waals surface area contributed by atoms with Gasteiger partial charge < -0.3 is 15.5 Å². The van der Waals surface area contributed by atoms with Gasteiger partial charge in [0, 0.05) is 6.54 Å². The maximum Gasteiger partial charge on any atom is 0.248 e. The average molecular weight is 133 g/mol. The Labute approximate surface area is 53.5 Å². The van der Waals surface area contributed by atoms with E-state index in [4.69, 9.17) is 10.2 Å². The predicted octanol–water partition coefficient (Wildman–Crippen LogP) is -1.52. The fourth-order valence-corrected chi connectivity index (χ4v) is 0.327. The van der Waals surface area contributed by atoms with E-state index in [-0.39, 0.29) is 13.2 Å². The molecule has 3 N–H and O–H groups in total. The van der Waals surface area contributed by atoms with E-state index in [1.165, 1.54) is 6.92 Å². The lowest BCUT2D eigenvalue weighted by molar-refractivity contribution is -0.128. The molecule has 0 saturated carbocycles. The zero-order chi connectivity index (χ0) is 7.28. The molecule has 1 amide bonds. The molecule has 0 aromatic rings. The maximum atomic E-state index is 10.4. The van der Waals surface area contributed by atoms with Crippen molar-refractivity contribution < 1.29 is 15.0 Å². The Balaban J connectivity index is 3.28. The molecule has 0 aliphatic heterocycles. The Hall–Kier alpha value is -0.610. The van der Waals surface area contributed by atoms with Crippen LogP contribution in [0.4, 0.5) is 0 Å². The molecule has 0 spiro atoms. The van der Waals surface area contributed by atoms with Crippen LogP contribution in [-0.4, -0.2) is 35.4 Å². The molecular formula is C5H11NO3. The first-order chi connectivity index (χ1) is 4.18. The highest BCUT2D eigenvalue weighted by Crippen LogP contribution is 1.76. The fourth-order valence-electron chi connectivity index (χ4n) is 0.327. The Morgan fingerprint density at radius 3 is 2.67 bits per heavy atom. The highest BCUT2D eigenvalue weighted by molar-refractivity contribution is 5.79. The summed E-state index contributed by atoms with van der Waals surface area (Å²) in [5.74, 6) is -0.455. The number of hydrogen-bond donors (Lipinski definition) is 3. The lowest BCUT2D eigenvalue weighted by Crippen LogP contribution is -2.34. The van der Waals surface area contributed by atoms with Crippen LogP contribution in [0.25, 0.3) is 0 Å². The topological polar surface area (TPSA) is 69.6 Å². The van der Waals surface area contributed by atoms with Crippen molar-refractivity contribution in [1.82, 2.24) is 5.32 Å². The minimum atomic E-state index is -0.989. The van der Waals surface area contributed by atoms with Gasteiger partial charge in [-0.25, -0.2) is 0 Å². The van der Waals surface area contributed by atoms with E-state index in [0.717, 1.165) is 0 Å². The Morgan fingerprint density at radius 1 is 1.78 bits per heavy atom. The zero-order valence-corrected chi connectivity index (χ0v) is 5.29. The van der Waals surface area contributed by atoms with Gasteiger partial charge in [-0.3, -0.25) is 4.79 Å². The van der Waals surface area contributed by atoms with Crippen LogP contribution in [-0.2, 0) is 4.79 Å². The molecule has 0 heterocycles. The van der Waals surface area contributed by atoms with Crippen LogP contribution in [0.2, 0.25) is 0 Å². The first-order valence-corrected chi connectivity index (χ1v) is 2.75. The first kappa shape index (κ1) is 8.39. The molecule has 4 heteroatoms. The van der Waals surface area contributed by atoms with Crippen molar-refractivity contribution in [3.8, 4) is 0 Å². The second-order valence-electron chi connectivity index (χ2n) is 1.69. The highest BCUT2D eigenvalue weighted by atomic mass is 16.3. The molecule has 0 aromatic carbocycles. The van der Waals surface area contributed by atoms with E-state index in [0.29, 0.717) is 0 Å². The molecule has 0 aromatic heterocycles. The highest BCUT2D eigenvalue weighted by Gasteiger charge is 2.05. The summed E-state index contributed by atoms with van der Waals surface area (Å²) in [6.07, 6.45) is -0.989. The number of carbonyl (C=O) groups excluding carboxylic acids is 1. The fraction of sp³-hybridized carbons (Fsp3) is 0.800. The Bertz CT molecular complexity index is 92.2. The van der Waals surface area contributed by atoms with Crippen molar-refractivity contribution in [1.29, 1.82) is 0 Å². The number of amides is 1. The summed E-state index contributed by atoms with van der Waals surface area (Å²) in [4.78, 5) is 10.4. The smallest absolute Gasteiger partial charge is 0.248 e. The van der Waals surface area contributed by atoms with Gasteiger partial charge in [-0.15, -0.1) is 0 Å².